The van der Waals surface area contributed by atoms with Crippen molar-refractivity contribution < 1.29 is 10.2 Å². The lowest BCUT2D eigenvalue weighted by Gasteiger charge is -2.04. The van der Waals surface area contributed by atoms with Crippen LogP contribution in [0.2, 0.25) is 0 Å². The van der Waals surface area contributed by atoms with Crippen LogP contribution in [0.5, 0.6) is 11.5 Å². The van der Waals surface area contributed by atoms with Gasteiger partial charge in [0.2, 0.25) is 0 Å². The van der Waals surface area contributed by atoms with Crippen molar-refractivity contribution in [2.45, 2.75) is 0 Å². The van der Waals surface area contributed by atoms with E-state index in [1.54, 1.807) is 24.3 Å². The van der Waals surface area contributed by atoms with Gasteiger partial charge in [0.05, 0.1) is 17.1 Å². The summed E-state index contributed by atoms with van der Waals surface area (Å²) in [6.45, 7) is 0. The van der Waals surface area contributed by atoms with E-state index in [-0.39, 0.29) is 11.5 Å². The summed E-state index contributed by atoms with van der Waals surface area (Å²) in [6.07, 6.45) is 7.90. The molecule has 0 atom stereocenters. The maximum absolute atomic E-state index is 9.45. The fraction of sp³-hybridized carbons (Fsp3) is 0. The Bertz CT molecular complexity index is 1140. The second kappa shape index (κ2) is 8.31. The smallest absolute Gasteiger partial charge is 0.115 e. The van der Waals surface area contributed by atoms with Gasteiger partial charge in [0.1, 0.15) is 11.5 Å². The summed E-state index contributed by atoms with van der Waals surface area (Å²) >= 11 is 0. The van der Waals surface area contributed by atoms with Crippen LogP contribution in [0.3, 0.4) is 0 Å². The van der Waals surface area contributed by atoms with Crippen molar-refractivity contribution in [3.8, 4) is 17.2 Å². The van der Waals surface area contributed by atoms with Crippen LogP contribution in [0.15, 0.2) is 84.9 Å². The third kappa shape index (κ3) is 4.62. The second-order valence-electron chi connectivity index (χ2n) is 6.59. The van der Waals surface area contributed by atoms with E-state index >= 15 is 0 Å². The van der Waals surface area contributed by atoms with Gasteiger partial charge in [-0.15, -0.1) is 0 Å². The van der Waals surface area contributed by atoms with Crippen LogP contribution in [0.4, 0.5) is 0 Å². The zero-order valence-corrected chi connectivity index (χ0v) is 15.7. The molecule has 0 aliphatic carbocycles. The lowest BCUT2D eigenvalue weighted by atomic mass is 10.1. The molecule has 0 amide bonds. The van der Waals surface area contributed by atoms with Crippen LogP contribution in [-0.4, -0.2) is 20.0 Å². The fourth-order valence-corrected chi connectivity index (χ4v) is 2.92. The molecule has 0 bridgehead atoms. The average Bonchev–Trinajstić information content (AvgIpc) is 3.17. The Morgan fingerprint density at radius 2 is 1.17 bits per heavy atom. The highest BCUT2D eigenvalue weighted by Gasteiger charge is 2.06. The normalized spacial score (nSPS) is 11.4. The number of hydrogen-bond donors (Lipinski definition) is 2. The van der Waals surface area contributed by atoms with Gasteiger partial charge in [-0.1, -0.05) is 54.6 Å². The summed E-state index contributed by atoms with van der Waals surface area (Å²) in [4.78, 5) is 0. The number of aromatic hydroxyl groups is 2. The molecule has 0 unspecified atom stereocenters. The predicted molar refractivity (Wildman–Crippen MR) is 118 cm³/mol. The third-order valence-corrected chi connectivity index (χ3v) is 4.44. The molecule has 0 radical (unpaired) electrons. The minimum Gasteiger partial charge on any atom is -0.508 e. The number of hydrogen-bond acceptors (Lipinski definition) is 3. The first kappa shape index (κ1) is 18.3. The number of para-hydroxylation sites is 1. The molecule has 0 fully saturated rings. The van der Waals surface area contributed by atoms with E-state index < -0.39 is 0 Å². The number of rotatable bonds is 5. The van der Waals surface area contributed by atoms with E-state index in [4.69, 9.17) is 5.10 Å². The molecular formula is C25H20N2O2. The molecule has 0 spiro atoms. The standard InChI is InChI=1S/C25H20N2O2/c28-24-14-8-19(9-15-24)6-12-21-18-23(13-7-20-10-16-25(29)17-11-20)27(26-21)22-4-2-1-3-5-22/h1-18,28-29H/b12-6-,13-7-. The largest absolute Gasteiger partial charge is 0.508 e. The zero-order valence-electron chi connectivity index (χ0n) is 15.7. The summed E-state index contributed by atoms with van der Waals surface area (Å²) in [7, 11) is 0. The van der Waals surface area contributed by atoms with Gasteiger partial charge in [-0.25, -0.2) is 4.68 Å². The minimum absolute atomic E-state index is 0.247. The summed E-state index contributed by atoms with van der Waals surface area (Å²) in [5.41, 5.74) is 4.71. The summed E-state index contributed by atoms with van der Waals surface area (Å²) in [5.74, 6) is 0.496. The summed E-state index contributed by atoms with van der Waals surface area (Å²) in [6, 6.07) is 26.1. The third-order valence-electron chi connectivity index (χ3n) is 4.44. The quantitative estimate of drug-likeness (QED) is 0.472. The van der Waals surface area contributed by atoms with Crippen molar-refractivity contribution in [3.63, 3.8) is 0 Å². The molecule has 0 aliphatic rings. The van der Waals surface area contributed by atoms with Crippen LogP contribution in [0.1, 0.15) is 22.5 Å². The average molecular weight is 380 g/mol. The highest BCUT2D eigenvalue weighted by molar-refractivity contribution is 5.73. The van der Waals surface area contributed by atoms with E-state index in [0.29, 0.717) is 0 Å². The van der Waals surface area contributed by atoms with E-state index in [0.717, 1.165) is 28.2 Å². The van der Waals surface area contributed by atoms with Crippen molar-refractivity contribution in [1.29, 1.82) is 0 Å². The Morgan fingerprint density at radius 3 is 1.76 bits per heavy atom. The molecule has 4 nitrogen and oxygen atoms in total. The van der Waals surface area contributed by atoms with Crippen molar-refractivity contribution in [1.82, 2.24) is 9.78 Å². The molecule has 3 aromatic carbocycles. The topological polar surface area (TPSA) is 58.3 Å². The Morgan fingerprint density at radius 1 is 0.621 bits per heavy atom. The van der Waals surface area contributed by atoms with Crippen LogP contribution in [-0.2, 0) is 0 Å². The molecule has 0 saturated carbocycles. The van der Waals surface area contributed by atoms with Gasteiger partial charge in [-0.3, -0.25) is 0 Å². The van der Waals surface area contributed by atoms with Crippen LogP contribution >= 0.6 is 0 Å². The van der Waals surface area contributed by atoms with Gasteiger partial charge >= 0.3 is 0 Å². The number of benzene rings is 3. The first-order chi connectivity index (χ1) is 14.2. The van der Waals surface area contributed by atoms with Gasteiger partial charge in [0.15, 0.2) is 0 Å². The summed E-state index contributed by atoms with van der Waals surface area (Å²) in [5, 5.41) is 23.6. The van der Waals surface area contributed by atoms with Gasteiger partial charge in [-0.2, -0.15) is 5.10 Å². The van der Waals surface area contributed by atoms with Crippen molar-refractivity contribution >= 4 is 24.3 Å². The Kier molecular flexibility index (Phi) is 5.25. The molecule has 1 heterocycles. The fourth-order valence-electron chi connectivity index (χ4n) is 2.92. The second-order valence-corrected chi connectivity index (χ2v) is 6.59. The van der Waals surface area contributed by atoms with Crippen molar-refractivity contribution in [2.24, 2.45) is 0 Å². The SMILES string of the molecule is Oc1ccc(/C=C\c2cc(/C=C\c3ccc(O)cc3)n(-c3ccccc3)n2)cc1. The van der Waals surface area contributed by atoms with Gasteiger partial charge in [-0.05, 0) is 65.7 Å². The van der Waals surface area contributed by atoms with Crippen molar-refractivity contribution in [2.75, 3.05) is 0 Å². The molecule has 4 aromatic rings. The number of aromatic nitrogens is 2. The van der Waals surface area contributed by atoms with Crippen LogP contribution in [0.25, 0.3) is 30.0 Å². The maximum Gasteiger partial charge on any atom is 0.115 e. The van der Waals surface area contributed by atoms with E-state index in [1.165, 1.54) is 0 Å². The molecule has 142 valence electrons. The Labute approximate surface area is 169 Å². The van der Waals surface area contributed by atoms with E-state index in [2.05, 4.69) is 0 Å². The van der Waals surface area contributed by atoms with E-state index in [1.807, 2.05) is 89.6 Å². The maximum atomic E-state index is 9.45. The minimum atomic E-state index is 0.247. The highest BCUT2D eigenvalue weighted by atomic mass is 16.3. The zero-order chi connectivity index (χ0) is 20.1. The Hall–Kier alpha value is -4.05. The first-order valence-electron chi connectivity index (χ1n) is 9.27. The molecule has 4 heteroatoms. The monoisotopic (exact) mass is 380 g/mol. The number of nitrogens with zero attached hydrogens (tertiary/aromatic N) is 2. The lowest BCUT2D eigenvalue weighted by Crippen LogP contribution is -1.98. The molecule has 29 heavy (non-hydrogen) atoms. The van der Waals surface area contributed by atoms with Crippen LogP contribution in [0, 0.1) is 0 Å². The molecule has 4 rings (SSSR count). The molecule has 1 aromatic heterocycles. The van der Waals surface area contributed by atoms with Gasteiger partial charge in [0.25, 0.3) is 0 Å². The lowest BCUT2D eigenvalue weighted by molar-refractivity contribution is 0.474. The summed E-state index contributed by atoms with van der Waals surface area (Å²) < 4.78 is 1.90. The molecule has 0 aliphatic heterocycles. The van der Waals surface area contributed by atoms with Crippen LogP contribution < -0.4 is 0 Å². The van der Waals surface area contributed by atoms with E-state index in [9.17, 15) is 10.2 Å². The molecule has 0 saturated heterocycles. The predicted octanol–water partition coefficient (Wildman–Crippen LogP) is 5.62. The van der Waals surface area contributed by atoms with Crippen molar-refractivity contribution in [3.05, 3.63) is 107 Å². The number of phenolic OH excluding ortho intramolecular Hbond substituents is 2. The number of phenols is 2. The van der Waals surface area contributed by atoms with Gasteiger partial charge in [0, 0.05) is 0 Å². The van der Waals surface area contributed by atoms with Gasteiger partial charge < -0.3 is 10.2 Å². The highest BCUT2D eigenvalue weighted by Crippen LogP contribution is 2.19. The molecular weight excluding hydrogens is 360 g/mol. The Balaban J connectivity index is 1.67. The first-order valence-corrected chi connectivity index (χ1v) is 9.27. The molecule has 2 N–H and O–H groups in total.